The Morgan fingerprint density at radius 1 is 1.27 bits per heavy atom. The molecular weight excluding hydrogens is 268 g/mol. The molecule has 0 spiro atoms. The second-order valence-electron chi connectivity index (χ2n) is 5.14. The van der Waals surface area contributed by atoms with Crippen molar-refractivity contribution in [1.29, 1.82) is 0 Å². The van der Waals surface area contributed by atoms with Crippen LogP contribution < -0.4 is 0 Å². The molecule has 0 saturated heterocycles. The van der Waals surface area contributed by atoms with Crippen LogP contribution in [0.2, 0.25) is 19.6 Å². The second-order valence-corrected chi connectivity index (χ2v) is 10.5. The lowest BCUT2D eigenvalue weighted by Gasteiger charge is -2.22. The van der Waals surface area contributed by atoms with Gasteiger partial charge in [0.2, 0.25) is 0 Å². The number of benzene rings is 1. The molecule has 1 aromatic rings. The molecule has 0 radical (unpaired) electrons. The molecule has 0 N–H and O–H groups in total. The van der Waals surface area contributed by atoms with Gasteiger partial charge in [-0.3, -0.25) is 0 Å². The van der Waals surface area contributed by atoms with Gasteiger partial charge in [-0.1, -0.05) is 28.1 Å². The Bertz CT molecular complexity index is 370. The van der Waals surface area contributed by atoms with Gasteiger partial charge < -0.3 is 4.43 Å². The first-order valence-electron chi connectivity index (χ1n) is 5.40. The van der Waals surface area contributed by atoms with Gasteiger partial charge in [-0.05, 0) is 49.7 Å². The monoisotopic (exact) mass is 284 g/mol. The van der Waals surface area contributed by atoms with Crippen LogP contribution in [0.5, 0.6) is 0 Å². The molecular formula is C12H17BrOSi. The molecule has 0 fully saturated rings. The van der Waals surface area contributed by atoms with Crippen LogP contribution in [-0.2, 0) is 17.3 Å². The lowest BCUT2D eigenvalue weighted by atomic mass is 10.1. The van der Waals surface area contributed by atoms with Crippen molar-refractivity contribution in [3.8, 4) is 0 Å². The Hall–Kier alpha value is -0.123. The van der Waals surface area contributed by atoms with Gasteiger partial charge in [-0.2, -0.15) is 0 Å². The highest BCUT2D eigenvalue weighted by atomic mass is 79.9. The lowest BCUT2D eigenvalue weighted by molar-refractivity contribution is 0.206. The zero-order chi connectivity index (χ0) is 11.1. The summed E-state index contributed by atoms with van der Waals surface area (Å²) in [5, 5.41) is 0. The summed E-state index contributed by atoms with van der Waals surface area (Å²) >= 11 is 3.61. The predicted octanol–water partition coefficient (Wildman–Crippen LogP) is 3.77. The molecule has 1 aliphatic rings. The van der Waals surface area contributed by atoms with Crippen molar-refractivity contribution in [1.82, 2.24) is 0 Å². The maximum absolute atomic E-state index is 6.15. The van der Waals surface area contributed by atoms with E-state index in [-0.39, 0.29) is 0 Å². The van der Waals surface area contributed by atoms with E-state index >= 15 is 0 Å². The zero-order valence-corrected chi connectivity index (χ0v) is 12.1. The fourth-order valence-corrected chi connectivity index (χ4v) is 3.89. The highest BCUT2D eigenvalue weighted by molar-refractivity contribution is 9.10. The summed E-state index contributed by atoms with van der Waals surface area (Å²) in [7, 11) is -1.39. The largest absolute Gasteiger partial charge is 0.414 e. The number of hydrogen-bond acceptors (Lipinski definition) is 1. The molecule has 1 atom stereocenters. The van der Waals surface area contributed by atoms with E-state index in [2.05, 4.69) is 53.8 Å². The Morgan fingerprint density at radius 3 is 2.60 bits per heavy atom. The SMILES string of the molecule is C[Si](C)(C)OC1Cc2cccc(Br)c2C1. The standard InChI is InChI=1S/C12H17BrOSi/c1-15(2,3)14-10-7-9-5-4-6-12(13)11(9)8-10/h4-6,10H,7-8H2,1-3H3. The quantitative estimate of drug-likeness (QED) is 0.752. The molecule has 0 amide bonds. The minimum atomic E-state index is -1.39. The molecule has 0 heterocycles. The average Bonchev–Trinajstić information content (AvgIpc) is 2.45. The molecule has 15 heavy (non-hydrogen) atoms. The van der Waals surface area contributed by atoms with E-state index in [0.717, 1.165) is 12.8 Å². The van der Waals surface area contributed by atoms with E-state index in [1.165, 1.54) is 15.6 Å². The van der Waals surface area contributed by atoms with Crippen molar-refractivity contribution in [2.24, 2.45) is 0 Å². The van der Waals surface area contributed by atoms with Crippen LogP contribution in [0.25, 0.3) is 0 Å². The number of rotatable bonds is 2. The maximum Gasteiger partial charge on any atom is 0.184 e. The molecule has 1 nitrogen and oxygen atoms in total. The average molecular weight is 285 g/mol. The van der Waals surface area contributed by atoms with Crippen LogP contribution in [0.4, 0.5) is 0 Å². The van der Waals surface area contributed by atoms with E-state index in [1.807, 2.05) is 0 Å². The summed E-state index contributed by atoms with van der Waals surface area (Å²) in [6.45, 7) is 6.76. The van der Waals surface area contributed by atoms with Gasteiger partial charge in [0.15, 0.2) is 8.32 Å². The van der Waals surface area contributed by atoms with Gasteiger partial charge >= 0.3 is 0 Å². The molecule has 1 unspecified atom stereocenters. The van der Waals surface area contributed by atoms with E-state index in [0.29, 0.717) is 6.10 Å². The minimum Gasteiger partial charge on any atom is -0.414 e. The van der Waals surface area contributed by atoms with Gasteiger partial charge in [0.25, 0.3) is 0 Å². The first-order valence-corrected chi connectivity index (χ1v) is 9.60. The van der Waals surface area contributed by atoms with Crippen LogP contribution in [0.15, 0.2) is 22.7 Å². The van der Waals surface area contributed by atoms with Crippen LogP contribution in [0, 0.1) is 0 Å². The van der Waals surface area contributed by atoms with E-state index in [4.69, 9.17) is 4.43 Å². The highest BCUT2D eigenvalue weighted by Gasteiger charge is 2.28. The first kappa shape index (κ1) is 11.4. The molecule has 3 heteroatoms. The lowest BCUT2D eigenvalue weighted by Crippen LogP contribution is -2.32. The third-order valence-corrected chi connectivity index (χ3v) is 4.40. The molecule has 0 bridgehead atoms. The third-order valence-electron chi connectivity index (χ3n) is 2.62. The zero-order valence-electron chi connectivity index (χ0n) is 9.51. The summed E-state index contributed by atoms with van der Waals surface area (Å²) in [4.78, 5) is 0. The van der Waals surface area contributed by atoms with Crippen LogP contribution in [-0.4, -0.2) is 14.4 Å². The van der Waals surface area contributed by atoms with Gasteiger partial charge in [0.1, 0.15) is 0 Å². The van der Waals surface area contributed by atoms with Crippen molar-refractivity contribution in [3.63, 3.8) is 0 Å². The van der Waals surface area contributed by atoms with Crippen molar-refractivity contribution < 1.29 is 4.43 Å². The van der Waals surface area contributed by atoms with Crippen LogP contribution >= 0.6 is 15.9 Å². The Balaban J connectivity index is 2.13. The highest BCUT2D eigenvalue weighted by Crippen LogP contribution is 2.31. The maximum atomic E-state index is 6.15. The third kappa shape index (κ3) is 2.71. The summed E-state index contributed by atoms with van der Waals surface area (Å²) in [6, 6.07) is 6.45. The van der Waals surface area contributed by atoms with E-state index < -0.39 is 8.32 Å². The van der Waals surface area contributed by atoms with Crippen LogP contribution in [0.1, 0.15) is 11.1 Å². The number of halogens is 1. The summed E-state index contributed by atoms with van der Waals surface area (Å²) < 4.78 is 7.39. The number of hydrogen-bond donors (Lipinski definition) is 0. The Morgan fingerprint density at radius 2 is 2.00 bits per heavy atom. The molecule has 1 aromatic carbocycles. The van der Waals surface area contributed by atoms with Crippen molar-refractivity contribution in [2.75, 3.05) is 0 Å². The molecule has 82 valence electrons. The van der Waals surface area contributed by atoms with Crippen molar-refractivity contribution >= 4 is 24.2 Å². The normalized spacial score (nSPS) is 20.4. The Kier molecular flexibility index (Phi) is 3.06. The summed E-state index contributed by atoms with van der Waals surface area (Å²) in [5.41, 5.74) is 2.90. The molecule has 0 aromatic heterocycles. The fourth-order valence-electron chi connectivity index (χ4n) is 2.15. The van der Waals surface area contributed by atoms with Crippen molar-refractivity contribution in [2.45, 2.75) is 38.6 Å². The summed E-state index contributed by atoms with van der Waals surface area (Å²) in [6.07, 6.45) is 2.56. The second kappa shape index (κ2) is 4.04. The van der Waals surface area contributed by atoms with Gasteiger partial charge in [0.05, 0.1) is 6.10 Å². The molecule has 0 saturated carbocycles. The molecule has 2 rings (SSSR count). The minimum absolute atomic E-state index is 0.408. The molecule has 0 aliphatic heterocycles. The van der Waals surface area contributed by atoms with E-state index in [9.17, 15) is 0 Å². The first-order chi connectivity index (χ1) is 6.96. The topological polar surface area (TPSA) is 9.23 Å². The van der Waals surface area contributed by atoms with Gasteiger partial charge in [-0.15, -0.1) is 0 Å². The fraction of sp³-hybridized carbons (Fsp3) is 0.500. The van der Waals surface area contributed by atoms with Gasteiger partial charge in [-0.25, -0.2) is 0 Å². The van der Waals surface area contributed by atoms with Crippen molar-refractivity contribution in [3.05, 3.63) is 33.8 Å². The molecule has 1 aliphatic carbocycles. The smallest absolute Gasteiger partial charge is 0.184 e. The summed E-state index contributed by atoms with van der Waals surface area (Å²) in [5.74, 6) is 0. The number of fused-ring (bicyclic) bond motifs is 1. The Labute approximate surface area is 101 Å². The van der Waals surface area contributed by atoms with E-state index in [1.54, 1.807) is 0 Å². The predicted molar refractivity (Wildman–Crippen MR) is 69.8 cm³/mol. The van der Waals surface area contributed by atoms with Gasteiger partial charge in [0, 0.05) is 4.47 Å². The van der Waals surface area contributed by atoms with Crippen LogP contribution in [0.3, 0.4) is 0 Å².